The molecule has 0 atom stereocenters. The Morgan fingerprint density at radius 1 is 0.958 bits per heavy atom. The summed E-state index contributed by atoms with van der Waals surface area (Å²) in [5.41, 5.74) is 0.841. The maximum atomic E-state index is 12.7. The first-order valence-electron chi connectivity index (χ1n) is 7.79. The number of carbonyl (C=O) groups excluding carboxylic acids is 1. The molecule has 0 aromatic heterocycles. The van der Waals surface area contributed by atoms with E-state index in [1.165, 1.54) is 0 Å². The van der Waals surface area contributed by atoms with Crippen LogP contribution in [0.15, 0.2) is 48.5 Å². The Kier molecular flexibility index (Phi) is 6.07. The van der Waals surface area contributed by atoms with Gasteiger partial charge in [-0.15, -0.1) is 0 Å². The van der Waals surface area contributed by atoms with E-state index in [4.69, 9.17) is 14.2 Å². The molecule has 2 aromatic carbocycles. The Morgan fingerprint density at radius 2 is 1.54 bits per heavy atom. The summed E-state index contributed by atoms with van der Waals surface area (Å²) in [6.45, 7) is 3.83. The molecule has 2 rings (SSSR count). The maximum absolute atomic E-state index is 12.7. The number of carbonyl (C=O) groups is 1. The highest BCUT2D eigenvalue weighted by Crippen LogP contribution is 2.36. The summed E-state index contributed by atoms with van der Waals surface area (Å²) >= 11 is 0. The number of rotatable bonds is 7. The molecule has 24 heavy (non-hydrogen) atoms. The topological polar surface area (TPSA) is 48.0 Å². The Labute approximate surface area is 142 Å². The number of hydrogen-bond donors (Lipinski definition) is 0. The monoisotopic (exact) mass is 329 g/mol. The molecule has 0 spiro atoms. The Bertz CT molecular complexity index is 648. The largest absolute Gasteiger partial charge is 0.493 e. The highest BCUT2D eigenvalue weighted by molar-refractivity contribution is 5.95. The van der Waals surface area contributed by atoms with Gasteiger partial charge in [0.15, 0.2) is 18.1 Å². The lowest BCUT2D eigenvalue weighted by molar-refractivity contribution is -0.120. The molecule has 5 nitrogen and oxygen atoms in total. The van der Waals surface area contributed by atoms with Crippen LogP contribution in [0.4, 0.5) is 5.69 Å². The first-order chi connectivity index (χ1) is 11.6. The second-order valence-corrected chi connectivity index (χ2v) is 5.47. The van der Waals surface area contributed by atoms with E-state index in [1.807, 2.05) is 44.2 Å². The van der Waals surface area contributed by atoms with Gasteiger partial charge in [0.2, 0.25) is 5.75 Å². The van der Waals surface area contributed by atoms with Gasteiger partial charge in [0.25, 0.3) is 5.91 Å². The Hall–Kier alpha value is -2.69. The van der Waals surface area contributed by atoms with Crippen LogP contribution in [0, 0.1) is 0 Å². The molecule has 2 aromatic rings. The van der Waals surface area contributed by atoms with E-state index in [2.05, 4.69) is 0 Å². The fraction of sp³-hybridized carbons (Fsp3) is 0.316. The summed E-state index contributed by atoms with van der Waals surface area (Å²) in [6, 6.07) is 14.9. The molecule has 0 aliphatic carbocycles. The van der Waals surface area contributed by atoms with Gasteiger partial charge < -0.3 is 19.1 Å². The lowest BCUT2D eigenvalue weighted by Gasteiger charge is -2.27. The van der Waals surface area contributed by atoms with Crippen molar-refractivity contribution in [3.63, 3.8) is 0 Å². The number of nitrogens with zero attached hydrogens (tertiary/aromatic N) is 1. The third-order valence-electron chi connectivity index (χ3n) is 3.54. The summed E-state index contributed by atoms with van der Waals surface area (Å²) in [5.74, 6) is 1.34. The van der Waals surface area contributed by atoms with Crippen molar-refractivity contribution in [2.24, 2.45) is 0 Å². The summed E-state index contributed by atoms with van der Waals surface area (Å²) in [4.78, 5) is 14.4. The van der Waals surface area contributed by atoms with Crippen LogP contribution in [-0.4, -0.2) is 32.8 Å². The normalized spacial score (nSPS) is 10.4. The van der Waals surface area contributed by atoms with Crippen molar-refractivity contribution in [3.05, 3.63) is 48.5 Å². The molecule has 0 saturated carbocycles. The van der Waals surface area contributed by atoms with Crippen molar-refractivity contribution in [2.45, 2.75) is 19.9 Å². The predicted molar refractivity (Wildman–Crippen MR) is 94.1 cm³/mol. The third-order valence-corrected chi connectivity index (χ3v) is 3.54. The molecule has 0 heterocycles. The second-order valence-electron chi connectivity index (χ2n) is 5.47. The number of ether oxygens (including phenoxy) is 3. The molecule has 128 valence electrons. The highest BCUT2D eigenvalue weighted by atomic mass is 16.5. The Morgan fingerprint density at radius 3 is 2.04 bits per heavy atom. The van der Waals surface area contributed by atoms with E-state index in [0.29, 0.717) is 17.2 Å². The van der Waals surface area contributed by atoms with E-state index in [0.717, 1.165) is 5.69 Å². The Balaban J connectivity index is 2.18. The number of methoxy groups -OCH3 is 2. The summed E-state index contributed by atoms with van der Waals surface area (Å²) in [5, 5.41) is 0. The average Bonchev–Trinajstić information content (AvgIpc) is 2.60. The number of para-hydroxylation sites is 2. The minimum Gasteiger partial charge on any atom is -0.493 e. The van der Waals surface area contributed by atoms with Crippen LogP contribution in [0.5, 0.6) is 17.2 Å². The molecule has 0 fully saturated rings. The summed E-state index contributed by atoms with van der Waals surface area (Å²) < 4.78 is 16.3. The van der Waals surface area contributed by atoms with E-state index in [-0.39, 0.29) is 18.6 Å². The van der Waals surface area contributed by atoms with Crippen molar-refractivity contribution < 1.29 is 19.0 Å². The van der Waals surface area contributed by atoms with Gasteiger partial charge in [0.05, 0.1) is 14.2 Å². The lowest BCUT2D eigenvalue weighted by atomic mass is 10.2. The van der Waals surface area contributed by atoms with Crippen LogP contribution in [0.3, 0.4) is 0 Å². The standard InChI is InChI=1S/C19H23NO4/c1-14(2)20(15-9-6-5-7-10-15)18(21)13-24-19-16(22-3)11-8-12-17(19)23-4/h5-12,14H,13H2,1-4H3. The first kappa shape index (κ1) is 17.7. The molecule has 0 saturated heterocycles. The maximum Gasteiger partial charge on any atom is 0.265 e. The van der Waals surface area contributed by atoms with E-state index >= 15 is 0 Å². The van der Waals surface area contributed by atoms with Crippen LogP contribution >= 0.6 is 0 Å². The molecular weight excluding hydrogens is 306 g/mol. The first-order valence-corrected chi connectivity index (χ1v) is 7.79. The van der Waals surface area contributed by atoms with Crippen LogP contribution in [-0.2, 0) is 4.79 Å². The molecule has 0 aliphatic rings. The van der Waals surface area contributed by atoms with Crippen molar-refractivity contribution in [3.8, 4) is 17.2 Å². The lowest BCUT2D eigenvalue weighted by Crippen LogP contribution is -2.40. The minimum absolute atomic E-state index is 0.0167. The SMILES string of the molecule is COc1cccc(OC)c1OCC(=O)N(c1ccccc1)C(C)C. The van der Waals surface area contributed by atoms with Crippen molar-refractivity contribution >= 4 is 11.6 Å². The van der Waals surface area contributed by atoms with Crippen LogP contribution in [0.2, 0.25) is 0 Å². The van der Waals surface area contributed by atoms with Gasteiger partial charge in [0.1, 0.15) is 0 Å². The minimum atomic E-state index is -0.135. The van der Waals surface area contributed by atoms with Gasteiger partial charge in [-0.25, -0.2) is 0 Å². The number of anilines is 1. The van der Waals surface area contributed by atoms with Gasteiger partial charge in [-0.2, -0.15) is 0 Å². The predicted octanol–water partition coefficient (Wildman–Crippen LogP) is 3.52. The smallest absolute Gasteiger partial charge is 0.265 e. The zero-order valence-electron chi connectivity index (χ0n) is 14.5. The number of amides is 1. The van der Waals surface area contributed by atoms with Crippen LogP contribution < -0.4 is 19.1 Å². The molecular formula is C19H23NO4. The van der Waals surface area contributed by atoms with Crippen molar-refractivity contribution in [1.29, 1.82) is 0 Å². The second kappa shape index (κ2) is 8.24. The van der Waals surface area contributed by atoms with E-state index in [1.54, 1.807) is 37.3 Å². The quantitative estimate of drug-likeness (QED) is 0.780. The van der Waals surface area contributed by atoms with Gasteiger partial charge in [-0.1, -0.05) is 24.3 Å². The number of benzene rings is 2. The third kappa shape index (κ3) is 3.98. The molecule has 5 heteroatoms. The van der Waals surface area contributed by atoms with Crippen molar-refractivity contribution in [1.82, 2.24) is 0 Å². The molecule has 0 radical (unpaired) electrons. The summed E-state index contributed by atoms with van der Waals surface area (Å²) in [7, 11) is 3.10. The van der Waals surface area contributed by atoms with Gasteiger partial charge >= 0.3 is 0 Å². The van der Waals surface area contributed by atoms with Gasteiger partial charge in [-0.05, 0) is 38.1 Å². The van der Waals surface area contributed by atoms with E-state index in [9.17, 15) is 4.79 Å². The van der Waals surface area contributed by atoms with Gasteiger partial charge in [0, 0.05) is 11.7 Å². The summed E-state index contributed by atoms with van der Waals surface area (Å²) in [6.07, 6.45) is 0. The van der Waals surface area contributed by atoms with Crippen LogP contribution in [0.25, 0.3) is 0 Å². The van der Waals surface area contributed by atoms with Gasteiger partial charge in [-0.3, -0.25) is 4.79 Å². The van der Waals surface area contributed by atoms with Crippen LogP contribution in [0.1, 0.15) is 13.8 Å². The fourth-order valence-electron chi connectivity index (χ4n) is 2.48. The highest BCUT2D eigenvalue weighted by Gasteiger charge is 2.21. The zero-order valence-corrected chi connectivity index (χ0v) is 14.5. The number of hydrogen-bond acceptors (Lipinski definition) is 4. The molecule has 0 aliphatic heterocycles. The molecule has 0 N–H and O–H groups in total. The zero-order chi connectivity index (χ0) is 17.5. The molecule has 0 unspecified atom stereocenters. The van der Waals surface area contributed by atoms with E-state index < -0.39 is 0 Å². The van der Waals surface area contributed by atoms with Crippen molar-refractivity contribution in [2.75, 3.05) is 25.7 Å². The fourth-order valence-corrected chi connectivity index (χ4v) is 2.48. The molecule has 0 bridgehead atoms. The average molecular weight is 329 g/mol. The molecule has 1 amide bonds.